The predicted molar refractivity (Wildman–Crippen MR) is 76.5 cm³/mol. The Kier molecular flexibility index (Phi) is 4.44. The Morgan fingerprint density at radius 3 is 2.75 bits per heavy atom. The first kappa shape index (κ1) is 14.6. The summed E-state index contributed by atoms with van der Waals surface area (Å²) in [6.45, 7) is 2.85. The van der Waals surface area contributed by atoms with Gasteiger partial charge in [0.15, 0.2) is 0 Å². The van der Waals surface area contributed by atoms with Crippen LogP contribution in [0.25, 0.3) is 0 Å². The lowest BCUT2D eigenvalue weighted by atomic mass is 9.97. The van der Waals surface area contributed by atoms with Crippen molar-refractivity contribution in [1.82, 2.24) is 4.90 Å². The van der Waals surface area contributed by atoms with Crippen molar-refractivity contribution in [3.05, 3.63) is 23.5 Å². The van der Waals surface area contributed by atoms with Gasteiger partial charge in [-0.05, 0) is 51.0 Å². The van der Waals surface area contributed by atoms with Crippen LogP contribution in [0.5, 0.6) is 0 Å². The molecule has 1 saturated heterocycles. The quantitative estimate of drug-likeness (QED) is 0.734. The zero-order valence-corrected chi connectivity index (χ0v) is 11.5. The van der Waals surface area contributed by atoms with Crippen LogP contribution in [0.2, 0.25) is 0 Å². The molecule has 0 bridgehead atoms. The van der Waals surface area contributed by atoms with Crippen LogP contribution in [-0.2, 0) is 0 Å². The molecule has 0 aliphatic carbocycles. The maximum absolute atomic E-state index is 13.6. The van der Waals surface area contributed by atoms with Crippen LogP contribution in [0, 0.1) is 11.7 Å². The Morgan fingerprint density at radius 1 is 1.50 bits per heavy atom. The van der Waals surface area contributed by atoms with Gasteiger partial charge in [-0.15, -0.1) is 0 Å². The lowest BCUT2D eigenvalue weighted by Gasteiger charge is -2.29. The molecule has 0 atom stereocenters. The van der Waals surface area contributed by atoms with Crippen molar-refractivity contribution in [2.45, 2.75) is 12.8 Å². The fraction of sp³-hybridized carbons (Fsp3) is 0.500. The summed E-state index contributed by atoms with van der Waals surface area (Å²) in [5.74, 6) is -1.54. The molecule has 110 valence electrons. The van der Waals surface area contributed by atoms with Gasteiger partial charge in [-0.2, -0.15) is 0 Å². The highest BCUT2D eigenvalue weighted by atomic mass is 19.1. The average Bonchev–Trinajstić information content (AvgIpc) is 2.41. The van der Waals surface area contributed by atoms with Gasteiger partial charge in [0, 0.05) is 6.54 Å². The van der Waals surface area contributed by atoms with Gasteiger partial charge in [0.05, 0.1) is 16.9 Å². The van der Waals surface area contributed by atoms with E-state index in [9.17, 15) is 9.18 Å². The number of nitrogens with zero attached hydrogens (tertiary/aromatic N) is 1. The van der Waals surface area contributed by atoms with Crippen LogP contribution >= 0.6 is 0 Å². The SMILES string of the molecule is CN1CCC(CNc2cc(F)c(C(=O)O)cc2N)CC1. The number of benzene rings is 1. The minimum Gasteiger partial charge on any atom is -0.478 e. The van der Waals surface area contributed by atoms with Crippen LogP contribution < -0.4 is 11.1 Å². The van der Waals surface area contributed by atoms with Gasteiger partial charge in [0.25, 0.3) is 0 Å². The fourth-order valence-corrected chi connectivity index (χ4v) is 2.43. The Balaban J connectivity index is 1.99. The molecular formula is C14H20FN3O2. The van der Waals surface area contributed by atoms with E-state index in [1.54, 1.807) is 0 Å². The molecular weight excluding hydrogens is 261 g/mol. The number of hydrogen-bond donors (Lipinski definition) is 3. The molecule has 6 heteroatoms. The fourth-order valence-electron chi connectivity index (χ4n) is 2.43. The Morgan fingerprint density at radius 2 is 2.15 bits per heavy atom. The van der Waals surface area contributed by atoms with E-state index in [0.717, 1.165) is 44.6 Å². The van der Waals surface area contributed by atoms with E-state index < -0.39 is 17.3 Å². The molecule has 5 nitrogen and oxygen atoms in total. The van der Waals surface area contributed by atoms with Crippen molar-refractivity contribution in [1.29, 1.82) is 0 Å². The van der Waals surface area contributed by atoms with Crippen molar-refractivity contribution >= 4 is 17.3 Å². The normalized spacial score (nSPS) is 17.1. The smallest absolute Gasteiger partial charge is 0.338 e. The third kappa shape index (κ3) is 3.39. The van der Waals surface area contributed by atoms with Crippen molar-refractivity contribution in [2.24, 2.45) is 5.92 Å². The largest absolute Gasteiger partial charge is 0.478 e. The number of carboxylic acids is 1. The van der Waals surface area contributed by atoms with E-state index in [1.165, 1.54) is 0 Å². The summed E-state index contributed by atoms with van der Waals surface area (Å²) < 4.78 is 13.6. The number of rotatable bonds is 4. The number of aromatic carboxylic acids is 1. The Hall–Kier alpha value is -1.82. The van der Waals surface area contributed by atoms with Crippen LogP contribution in [0.1, 0.15) is 23.2 Å². The Bertz CT molecular complexity index is 499. The molecule has 1 aromatic rings. The molecule has 0 amide bonds. The minimum absolute atomic E-state index is 0.261. The van der Waals surface area contributed by atoms with Gasteiger partial charge in [-0.1, -0.05) is 0 Å². The lowest BCUT2D eigenvalue weighted by molar-refractivity contribution is 0.0692. The maximum Gasteiger partial charge on any atom is 0.338 e. The highest BCUT2D eigenvalue weighted by Crippen LogP contribution is 2.24. The van der Waals surface area contributed by atoms with Crippen molar-refractivity contribution in [2.75, 3.05) is 37.7 Å². The second-order valence-electron chi connectivity index (χ2n) is 5.35. The number of carbonyl (C=O) groups is 1. The Labute approximate surface area is 117 Å². The highest BCUT2D eigenvalue weighted by molar-refractivity contribution is 5.90. The van der Waals surface area contributed by atoms with Crippen LogP contribution in [-0.4, -0.2) is 42.7 Å². The third-order valence-corrected chi connectivity index (χ3v) is 3.79. The summed E-state index contributed by atoms with van der Waals surface area (Å²) in [4.78, 5) is 13.1. The zero-order chi connectivity index (χ0) is 14.7. The summed E-state index contributed by atoms with van der Waals surface area (Å²) in [6.07, 6.45) is 2.19. The predicted octanol–water partition coefficient (Wildman–Crippen LogP) is 1.86. The molecule has 20 heavy (non-hydrogen) atoms. The van der Waals surface area contributed by atoms with Gasteiger partial charge in [-0.25, -0.2) is 9.18 Å². The molecule has 1 fully saturated rings. The molecule has 0 unspecified atom stereocenters. The molecule has 1 aliphatic rings. The van der Waals surface area contributed by atoms with Gasteiger partial charge in [-0.3, -0.25) is 0 Å². The molecule has 0 radical (unpaired) electrons. The van der Waals surface area contributed by atoms with Gasteiger partial charge in [0.2, 0.25) is 0 Å². The number of nitrogens with one attached hydrogen (secondary N) is 1. The van der Waals surface area contributed by atoms with E-state index in [2.05, 4.69) is 17.3 Å². The molecule has 1 aromatic carbocycles. The van der Waals surface area contributed by atoms with Gasteiger partial charge < -0.3 is 21.1 Å². The lowest BCUT2D eigenvalue weighted by Crippen LogP contribution is -2.33. The van der Waals surface area contributed by atoms with E-state index in [1.807, 2.05) is 0 Å². The first-order chi connectivity index (χ1) is 9.47. The van der Waals surface area contributed by atoms with Crippen molar-refractivity contribution < 1.29 is 14.3 Å². The number of piperidine rings is 1. The number of anilines is 2. The van der Waals surface area contributed by atoms with E-state index in [0.29, 0.717) is 11.6 Å². The van der Waals surface area contributed by atoms with Crippen LogP contribution in [0.3, 0.4) is 0 Å². The van der Waals surface area contributed by atoms with E-state index in [-0.39, 0.29) is 5.69 Å². The molecule has 4 N–H and O–H groups in total. The second-order valence-corrected chi connectivity index (χ2v) is 5.35. The molecule has 0 aromatic heterocycles. The standard InChI is InChI=1S/C14H20FN3O2/c1-18-4-2-9(3-5-18)8-17-13-7-11(15)10(14(19)20)6-12(13)16/h6-7,9,17H,2-5,8,16H2,1H3,(H,19,20). The molecule has 1 aliphatic heterocycles. The molecule has 2 rings (SSSR count). The van der Waals surface area contributed by atoms with Gasteiger partial charge in [0.1, 0.15) is 5.82 Å². The number of nitrogen functional groups attached to an aromatic ring is 1. The topological polar surface area (TPSA) is 78.6 Å². The van der Waals surface area contributed by atoms with E-state index >= 15 is 0 Å². The molecule has 0 spiro atoms. The average molecular weight is 281 g/mol. The molecule has 0 saturated carbocycles. The summed E-state index contributed by atoms with van der Waals surface area (Å²) in [6, 6.07) is 2.32. The summed E-state index contributed by atoms with van der Waals surface area (Å²) >= 11 is 0. The number of carboxylic acid groups (broad SMARTS) is 1. The monoisotopic (exact) mass is 281 g/mol. The van der Waals surface area contributed by atoms with E-state index in [4.69, 9.17) is 10.8 Å². The summed E-state index contributed by atoms with van der Waals surface area (Å²) in [5, 5.41) is 11.9. The molecule has 1 heterocycles. The third-order valence-electron chi connectivity index (χ3n) is 3.79. The summed E-state index contributed by atoms with van der Waals surface area (Å²) in [5.41, 5.74) is 6.09. The summed E-state index contributed by atoms with van der Waals surface area (Å²) in [7, 11) is 2.10. The van der Waals surface area contributed by atoms with Crippen molar-refractivity contribution in [3.8, 4) is 0 Å². The van der Waals surface area contributed by atoms with Crippen LogP contribution in [0.15, 0.2) is 12.1 Å². The first-order valence-corrected chi connectivity index (χ1v) is 6.72. The second kappa shape index (κ2) is 6.09. The number of likely N-dealkylation sites (tertiary alicyclic amines) is 1. The van der Waals surface area contributed by atoms with Crippen LogP contribution in [0.4, 0.5) is 15.8 Å². The minimum atomic E-state index is -1.31. The zero-order valence-electron chi connectivity index (χ0n) is 11.5. The highest BCUT2D eigenvalue weighted by Gasteiger charge is 2.18. The maximum atomic E-state index is 13.6. The first-order valence-electron chi connectivity index (χ1n) is 6.72. The number of hydrogen-bond acceptors (Lipinski definition) is 4. The van der Waals surface area contributed by atoms with Crippen molar-refractivity contribution in [3.63, 3.8) is 0 Å². The van der Waals surface area contributed by atoms with Gasteiger partial charge >= 0.3 is 5.97 Å². The number of halogens is 1. The number of nitrogens with two attached hydrogens (primary N) is 1.